The molecule has 0 atom stereocenters. The van der Waals surface area contributed by atoms with Gasteiger partial charge in [-0.2, -0.15) is 0 Å². The van der Waals surface area contributed by atoms with E-state index in [1.807, 2.05) is 19.9 Å². The van der Waals surface area contributed by atoms with E-state index in [0.717, 1.165) is 33.8 Å². The number of halogens is 2. The minimum atomic E-state index is -0.899. The molecule has 0 saturated heterocycles. The van der Waals surface area contributed by atoms with Crippen LogP contribution in [0.1, 0.15) is 11.8 Å². The van der Waals surface area contributed by atoms with Crippen molar-refractivity contribution in [3.8, 4) is 11.4 Å². The van der Waals surface area contributed by atoms with Gasteiger partial charge in [0.25, 0.3) is 0 Å². The van der Waals surface area contributed by atoms with Crippen molar-refractivity contribution in [2.75, 3.05) is 11.9 Å². The molecule has 21 heavy (non-hydrogen) atoms. The Morgan fingerprint density at radius 1 is 1.14 bits per heavy atom. The quantitative estimate of drug-likeness (QED) is 0.780. The fourth-order valence-corrected chi connectivity index (χ4v) is 2.99. The molecular formula is C15H13F2N3S. The van der Waals surface area contributed by atoms with E-state index in [-0.39, 0.29) is 0 Å². The van der Waals surface area contributed by atoms with Gasteiger partial charge in [0.1, 0.15) is 10.6 Å². The third-order valence-electron chi connectivity index (χ3n) is 3.04. The van der Waals surface area contributed by atoms with E-state index >= 15 is 0 Å². The topological polar surface area (TPSA) is 37.8 Å². The number of hydrogen-bond acceptors (Lipinski definition) is 4. The van der Waals surface area contributed by atoms with E-state index in [2.05, 4.69) is 15.3 Å². The zero-order valence-electron chi connectivity index (χ0n) is 11.6. The minimum Gasteiger partial charge on any atom is -0.370 e. The van der Waals surface area contributed by atoms with Gasteiger partial charge in [-0.3, -0.25) is 0 Å². The third kappa shape index (κ3) is 2.58. The molecule has 0 aliphatic heterocycles. The number of anilines is 1. The fraction of sp³-hybridized carbons (Fsp3) is 0.200. The second kappa shape index (κ2) is 5.37. The second-order valence-corrected chi connectivity index (χ2v) is 5.87. The Morgan fingerprint density at radius 2 is 1.95 bits per heavy atom. The SMILES string of the molecule is CCNc1nc(-c2ccc(F)c(F)c2)nc2sc(C)cc12. The van der Waals surface area contributed by atoms with Crippen LogP contribution in [0.15, 0.2) is 24.3 Å². The standard InChI is InChI=1S/C15H13F2N3S/c1-3-18-14-10-6-8(2)21-15(10)20-13(19-14)9-4-5-11(16)12(17)7-9/h4-7H,3H2,1-2H3,(H,18,19,20). The molecule has 3 nitrogen and oxygen atoms in total. The first-order valence-corrected chi connectivity index (χ1v) is 7.37. The first-order chi connectivity index (χ1) is 10.1. The van der Waals surface area contributed by atoms with Crippen molar-refractivity contribution in [1.82, 2.24) is 9.97 Å². The number of benzene rings is 1. The molecule has 2 aromatic heterocycles. The molecule has 1 N–H and O–H groups in total. The Balaban J connectivity index is 2.19. The Hall–Kier alpha value is -2.08. The number of hydrogen-bond donors (Lipinski definition) is 1. The minimum absolute atomic E-state index is 0.388. The highest BCUT2D eigenvalue weighted by molar-refractivity contribution is 7.18. The number of aryl methyl sites for hydroxylation is 1. The molecule has 0 spiro atoms. The lowest BCUT2D eigenvalue weighted by molar-refractivity contribution is 0.509. The molecule has 0 saturated carbocycles. The lowest BCUT2D eigenvalue weighted by Crippen LogP contribution is -2.02. The highest BCUT2D eigenvalue weighted by atomic mass is 32.1. The molecule has 0 aliphatic rings. The van der Waals surface area contributed by atoms with E-state index in [4.69, 9.17) is 0 Å². The molecule has 108 valence electrons. The molecule has 0 bridgehead atoms. The zero-order chi connectivity index (χ0) is 15.0. The maximum absolute atomic E-state index is 13.4. The van der Waals surface area contributed by atoms with E-state index in [9.17, 15) is 8.78 Å². The number of nitrogens with one attached hydrogen (secondary N) is 1. The number of aromatic nitrogens is 2. The van der Waals surface area contributed by atoms with E-state index in [1.54, 1.807) is 11.3 Å². The van der Waals surface area contributed by atoms with Crippen molar-refractivity contribution < 1.29 is 8.78 Å². The summed E-state index contributed by atoms with van der Waals surface area (Å²) in [6.07, 6.45) is 0. The molecule has 6 heteroatoms. The number of thiophene rings is 1. The summed E-state index contributed by atoms with van der Waals surface area (Å²) in [7, 11) is 0. The van der Waals surface area contributed by atoms with Crippen molar-refractivity contribution in [1.29, 1.82) is 0 Å². The first kappa shape index (κ1) is 13.9. The van der Waals surface area contributed by atoms with Crippen LogP contribution in [0.2, 0.25) is 0 Å². The van der Waals surface area contributed by atoms with Crippen molar-refractivity contribution in [3.05, 3.63) is 40.8 Å². The van der Waals surface area contributed by atoms with Gasteiger partial charge in [-0.15, -0.1) is 11.3 Å². The largest absolute Gasteiger partial charge is 0.370 e. The summed E-state index contributed by atoms with van der Waals surface area (Å²) in [4.78, 5) is 10.9. The first-order valence-electron chi connectivity index (χ1n) is 6.56. The molecule has 0 amide bonds. The molecular weight excluding hydrogens is 292 g/mol. The highest BCUT2D eigenvalue weighted by Crippen LogP contribution is 2.31. The van der Waals surface area contributed by atoms with Gasteiger partial charge in [0.2, 0.25) is 0 Å². The van der Waals surface area contributed by atoms with E-state index in [1.165, 1.54) is 6.07 Å². The monoisotopic (exact) mass is 305 g/mol. The summed E-state index contributed by atoms with van der Waals surface area (Å²) in [5, 5.41) is 4.14. The Kier molecular flexibility index (Phi) is 3.55. The van der Waals surface area contributed by atoms with Crippen LogP contribution >= 0.6 is 11.3 Å². The molecule has 3 aromatic rings. The van der Waals surface area contributed by atoms with E-state index in [0.29, 0.717) is 17.2 Å². The number of rotatable bonds is 3. The van der Waals surface area contributed by atoms with Crippen molar-refractivity contribution >= 4 is 27.4 Å². The summed E-state index contributed by atoms with van der Waals surface area (Å²) >= 11 is 1.55. The fourth-order valence-electron chi connectivity index (χ4n) is 2.11. The Morgan fingerprint density at radius 3 is 2.67 bits per heavy atom. The van der Waals surface area contributed by atoms with Gasteiger partial charge in [0, 0.05) is 17.0 Å². The molecule has 0 fully saturated rings. The lowest BCUT2D eigenvalue weighted by atomic mass is 10.2. The number of fused-ring (bicyclic) bond motifs is 1. The van der Waals surface area contributed by atoms with Crippen LogP contribution in [0.25, 0.3) is 21.6 Å². The summed E-state index contributed by atoms with van der Waals surface area (Å²) in [5.41, 5.74) is 0.459. The summed E-state index contributed by atoms with van der Waals surface area (Å²) in [5.74, 6) is -0.673. The average Bonchev–Trinajstić information content (AvgIpc) is 2.82. The van der Waals surface area contributed by atoms with Gasteiger partial charge in [-0.25, -0.2) is 18.7 Å². The van der Waals surface area contributed by atoms with Gasteiger partial charge in [-0.05, 0) is 38.1 Å². The van der Waals surface area contributed by atoms with Crippen molar-refractivity contribution in [2.45, 2.75) is 13.8 Å². The maximum atomic E-state index is 13.4. The Bertz CT molecular complexity index is 814. The van der Waals surface area contributed by atoms with Crippen LogP contribution in [-0.2, 0) is 0 Å². The summed E-state index contributed by atoms with van der Waals surface area (Å²) in [6.45, 7) is 4.70. The average molecular weight is 305 g/mol. The van der Waals surface area contributed by atoms with Crippen molar-refractivity contribution in [2.24, 2.45) is 0 Å². The van der Waals surface area contributed by atoms with Gasteiger partial charge < -0.3 is 5.32 Å². The summed E-state index contributed by atoms with van der Waals surface area (Å²) < 4.78 is 26.4. The lowest BCUT2D eigenvalue weighted by Gasteiger charge is -2.07. The van der Waals surface area contributed by atoms with Crippen molar-refractivity contribution in [3.63, 3.8) is 0 Å². The van der Waals surface area contributed by atoms with Crippen LogP contribution in [-0.4, -0.2) is 16.5 Å². The predicted octanol–water partition coefficient (Wildman–Crippen LogP) is 4.38. The van der Waals surface area contributed by atoms with Gasteiger partial charge in [-0.1, -0.05) is 0 Å². The molecule has 3 rings (SSSR count). The zero-order valence-corrected chi connectivity index (χ0v) is 12.4. The molecule has 2 heterocycles. The Labute approximate surface area is 124 Å². The van der Waals surface area contributed by atoms with Crippen LogP contribution in [0.5, 0.6) is 0 Å². The van der Waals surface area contributed by atoms with Gasteiger partial charge in [0.15, 0.2) is 17.5 Å². The summed E-state index contributed by atoms with van der Waals surface area (Å²) in [6, 6.07) is 5.71. The van der Waals surface area contributed by atoms with E-state index < -0.39 is 11.6 Å². The number of nitrogens with zero attached hydrogens (tertiary/aromatic N) is 2. The second-order valence-electron chi connectivity index (χ2n) is 4.63. The molecule has 0 aliphatic carbocycles. The molecule has 0 radical (unpaired) electrons. The normalized spacial score (nSPS) is 11.0. The van der Waals surface area contributed by atoms with Crippen LogP contribution in [0.3, 0.4) is 0 Å². The van der Waals surface area contributed by atoms with Gasteiger partial charge in [0.05, 0.1) is 5.39 Å². The molecule has 0 unspecified atom stereocenters. The maximum Gasteiger partial charge on any atom is 0.163 e. The smallest absolute Gasteiger partial charge is 0.163 e. The predicted molar refractivity (Wildman–Crippen MR) is 81.7 cm³/mol. The van der Waals surface area contributed by atoms with Crippen LogP contribution < -0.4 is 5.32 Å². The molecule has 1 aromatic carbocycles. The third-order valence-corrected chi connectivity index (χ3v) is 3.98. The highest BCUT2D eigenvalue weighted by Gasteiger charge is 2.13. The van der Waals surface area contributed by atoms with Crippen LogP contribution in [0.4, 0.5) is 14.6 Å². The van der Waals surface area contributed by atoms with Gasteiger partial charge >= 0.3 is 0 Å². The van der Waals surface area contributed by atoms with Crippen LogP contribution in [0, 0.1) is 18.6 Å².